The normalized spacial score (nSPS) is 12.2. The highest BCUT2D eigenvalue weighted by Gasteiger charge is 2.16. The Morgan fingerprint density at radius 1 is 1.20 bits per heavy atom. The van der Waals surface area contributed by atoms with E-state index >= 15 is 0 Å². The summed E-state index contributed by atoms with van der Waals surface area (Å²) < 4.78 is 20.0. The van der Waals surface area contributed by atoms with Gasteiger partial charge in [0.05, 0.1) is 11.6 Å². The average Bonchev–Trinajstić information content (AvgIpc) is 2.46. The molecule has 2 aromatic rings. The Balaban J connectivity index is 1.95. The number of hydrogen-bond acceptors (Lipinski definition) is 2. The predicted molar refractivity (Wildman–Crippen MR) is 82.6 cm³/mol. The van der Waals surface area contributed by atoms with Gasteiger partial charge >= 0.3 is 0 Å². The van der Waals surface area contributed by atoms with Crippen LogP contribution < -0.4 is 10.5 Å². The highest BCUT2D eigenvalue weighted by molar-refractivity contribution is 9.10. The Morgan fingerprint density at radius 2 is 1.90 bits per heavy atom. The third-order valence-electron chi connectivity index (χ3n) is 2.91. The van der Waals surface area contributed by atoms with E-state index in [1.807, 2.05) is 30.3 Å². The fourth-order valence-electron chi connectivity index (χ4n) is 1.80. The van der Waals surface area contributed by atoms with Crippen LogP contribution in [0, 0.1) is 5.82 Å². The Morgan fingerprint density at radius 3 is 2.60 bits per heavy atom. The molecule has 5 heteroatoms. The lowest BCUT2D eigenvalue weighted by molar-refractivity contribution is 0.297. The third-order valence-corrected chi connectivity index (χ3v) is 4.16. The van der Waals surface area contributed by atoms with Crippen molar-refractivity contribution in [3.63, 3.8) is 0 Å². The van der Waals surface area contributed by atoms with Gasteiger partial charge in [0.25, 0.3) is 0 Å². The zero-order valence-electron chi connectivity index (χ0n) is 10.7. The molecule has 0 aliphatic carbocycles. The van der Waals surface area contributed by atoms with Crippen molar-refractivity contribution in [3.8, 4) is 5.75 Å². The Kier molecular flexibility index (Phi) is 5.40. The molecular weight excluding hydrogens is 345 g/mol. The van der Waals surface area contributed by atoms with E-state index in [0.717, 1.165) is 5.75 Å². The molecule has 1 unspecified atom stereocenters. The van der Waals surface area contributed by atoms with Crippen molar-refractivity contribution in [3.05, 3.63) is 63.3 Å². The molecule has 106 valence electrons. The maximum atomic E-state index is 14.0. The second-order valence-corrected chi connectivity index (χ2v) is 5.55. The standard InChI is InChI=1S/C15H14BrClFNO/c16-12-7-6-11(15(18)14(12)17)13(19)8-9-20-10-4-2-1-3-5-10/h1-7,13H,8-9,19H2. The summed E-state index contributed by atoms with van der Waals surface area (Å²) in [4.78, 5) is 0. The highest BCUT2D eigenvalue weighted by Crippen LogP contribution is 2.30. The van der Waals surface area contributed by atoms with E-state index < -0.39 is 11.9 Å². The summed E-state index contributed by atoms with van der Waals surface area (Å²) in [7, 11) is 0. The highest BCUT2D eigenvalue weighted by atomic mass is 79.9. The molecule has 0 heterocycles. The van der Waals surface area contributed by atoms with Gasteiger partial charge in [0.2, 0.25) is 0 Å². The van der Waals surface area contributed by atoms with Gasteiger partial charge in [-0.2, -0.15) is 0 Å². The summed E-state index contributed by atoms with van der Waals surface area (Å²) >= 11 is 9.02. The SMILES string of the molecule is NC(CCOc1ccccc1)c1ccc(Br)c(Cl)c1F. The van der Waals surface area contributed by atoms with E-state index in [1.54, 1.807) is 12.1 Å². The van der Waals surface area contributed by atoms with E-state index in [0.29, 0.717) is 23.1 Å². The molecule has 2 N–H and O–H groups in total. The summed E-state index contributed by atoms with van der Waals surface area (Å²) in [6.07, 6.45) is 0.504. The number of halogens is 3. The molecule has 20 heavy (non-hydrogen) atoms. The van der Waals surface area contributed by atoms with Gasteiger partial charge in [-0.3, -0.25) is 0 Å². The van der Waals surface area contributed by atoms with Crippen LogP contribution >= 0.6 is 27.5 Å². The van der Waals surface area contributed by atoms with Crippen LogP contribution in [0.5, 0.6) is 5.75 Å². The molecule has 0 aromatic heterocycles. The molecule has 0 spiro atoms. The van der Waals surface area contributed by atoms with Crippen molar-refractivity contribution in [2.24, 2.45) is 5.73 Å². The molecular formula is C15H14BrClFNO. The van der Waals surface area contributed by atoms with Gasteiger partial charge in [-0.05, 0) is 34.1 Å². The predicted octanol–water partition coefficient (Wildman–Crippen LogP) is 4.71. The van der Waals surface area contributed by atoms with E-state index in [9.17, 15) is 4.39 Å². The summed E-state index contributed by atoms with van der Waals surface area (Å²) in [5.41, 5.74) is 6.38. The van der Waals surface area contributed by atoms with Crippen molar-refractivity contribution in [2.75, 3.05) is 6.61 Å². The van der Waals surface area contributed by atoms with Crippen molar-refractivity contribution in [2.45, 2.75) is 12.5 Å². The molecule has 0 saturated carbocycles. The monoisotopic (exact) mass is 357 g/mol. The minimum absolute atomic E-state index is 0.0573. The maximum absolute atomic E-state index is 14.0. The minimum atomic E-state index is -0.478. The van der Waals surface area contributed by atoms with Gasteiger partial charge in [-0.1, -0.05) is 35.9 Å². The van der Waals surface area contributed by atoms with Crippen molar-refractivity contribution in [1.82, 2.24) is 0 Å². The van der Waals surface area contributed by atoms with Gasteiger partial charge in [0.1, 0.15) is 11.6 Å². The molecule has 0 amide bonds. The van der Waals surface area contributed by atoms with Crippen LogP contribution in [0.25, 0.3) is 0 Å². The van der Waals surface area contributed by atoms with Gasteiger partial charge in [-0.15, -0.1) is 0 Å². The lowest BCUT2D eigenvalue weighted by Crippen LogP contribution is -2.16. The zero-order valence-corrected chi connectivity index (χ0v) is 13.0. The molecule has 0 fully saturated rings. The van der Waals surface area contributed by atoms with E-state index in [1.165, 1.54) is 0 Å². The fourth-order valence-corrected chi connectivity index (χ4v) is 2.28. The second kappa shape index (κ2) is 7.07. The first-order valence-electron chi connectivity index (χ1n) is 6.16. The Labute approximate surface area is 130 Å². The number of hydrogen-bond donors (Lipinski definition) is 1. The smallest absolute Gasteiger partial charge is 0.147 e. The zero-order chi connectivity index (χ0) is 14.5. The molecule has 0 bridgehead atoms. The molecule has 0 aliphatic rings. The molecule has 2 nitrogen and oxygen atoms in total. The van der Waals surface area contributed by atoms with Crippen LogP contribution in [0.2, 0.25) is 5.02 Å². The van der Waals surface area contributed by atoms with Gasteiger partial charge in [0.15, 0.2) is 0 Å². The molecule has 0 radical (unpaired) electrons. The maximum Gasteiger partial charge on any atom is 0.147 e. The van der Waals surface area contributed by atoms with Crippen molar-refractivity contribution < 1.29 is 9.13 Å². The summed E-state index contributed by atoms with van der Waals surface area (Å²) in [6.45, 7) is 0.415. The van der Waals surface area contributed by atoms with Gasteiger partial charge in [0, 0.05) is 22.5 Å². The van der Waals surface area contributed by atoms with Crippen molar-refractivity contribution in [1.29, 1.82) is 0 Å². The third kappa shape index (κ3) is 3.72. The fraction of sp³-hybridized carbons (Fsp3) is 0.200. The Bertz CT molecular complexity index is 580. The first-order valence-corrected chi connectivity index (χ1v) is 7.33. The largest absolute Gasteiger partial charge is 0.494 e. The van der Waals surface area contributed by atoms with Crippen LogP contribution in [0.3, 0.4) is 0 Å². The van der Waals surface area contributed by atoms with Crippen LogP contribution in [0.4, 0.5) is 4.39 Å². The van der Waals surface area contributed by atoms with E-state index in [-0.39, 0.29) is 5.02 Å². The summed E-state index contributed by atoms with van der Waals surface area (Å²) in [5.74, 6) is 0.294. The Hall–Kier alpha value is -1.10. The quantitative estimate of drug-likeness (QED) is 0.786. The first-order chi connectivity index (χ1) is 9.59. The van der Waals surface area contributed by atoms with E-state index in [4.69, 9.17) is 22.1 Å². The van der Waals surface area contributed by atoms with Gasteiger partial charge in [-0.25, -0.2) is 4.39 Å². The molecule has 0 aliphatic heterocycles. The molecule has 2 aromatic carbocycles. The molecule has 0 saturated heterocycles. The van der Waals surface area contributed by atoms with Crippen LogP contribution in [0.15, 0.2) is 46.9 Å². The number of rotatable bonds is 5. The first kappa shape index (κ1) is 15.3. The number of para-hydroxylation sites is 1. The average molecular weight is 359 g/mol. The summed E-state index contributed by atoms with van der Waals surface area (Å²) in [5, 5.41) is 0.0573. The molecule has 2 rings (SSSR count). The number of benzene rings is 2. The number of nitrogens with two attached hydrogens (primary N) is 1. The van der Waals surface area contributed by atoms with E-state index in [2.05, 4.69) is 15.9 Å². The summed E-state index contributed by atoms with van der Waals surface area (Å²) in [6, 6.07) is 12.3. The van der Waals surface area contributed by atoms with Crippen LogP contribution in [-0.2, 0) is 0 Å². The topological polar surface area (TPSA) is 35.2 Å². The lowest BCUT2D eigenvalue weighted by atomic mass is 10.0. The number of ether oxygens (including phenoxy) is 1. The van der Waals surface area contributed by atoms with Gasteiger partial charge < -0.3 is 10.5 Å². The second-order valence-electron chi connectivity index (χ2n) is 4.32. The van der Waals surface area contributed by atoms with Crippen molar-refractivity contribution >= 4 is 27.5 Å². The minimum Gasteiger partial charge on any atom is -0.494 e. The van der Waals surface area contributed by atoms with Crippen LogP contribution in [-0.4, -0.2) is 6.61 Å². The van der Waals surface area contributed by atoms with Crippen LogP contribution in [0.1, 0.15) is 18.0 Å². The lowest BCUT2D eigenvalue weighted by Gasteiger charge is -2.15. The molecule has 1 atom stereocenters.